The molecule has 198 valence electrons. The maximum atomic E-state index is 12.1. The molecule has 2 amide bonds. The van der Waals surface area contributed by atoms with E-state index in [0.29, 0.717) is 23.6 Å². The minimum atomic E-state index is -0.432. The Morgan fingerprint density at radius 3 is 2.19 bits per heavy atom. The van der Waals surface area contributed by atoms with Crippen LogP contribution < -0.4 is 16.4 Å². The molecule has 3 rings (SSSR count). The molecule has 0 aliphatic rings. The molecule has 0 spiro atoms. The summed E-state index contributed by atoms with van der Waals surface area (Å²) in [7, 11) is 1.37. The van der Waals surface area contributed by atoms with Crippen LogP contribution in [0.2, 0.25) is 5.02 Å². The fraction of sp³-hybridized carbons (Fsp3) is 0.310. The number of benzene rings is 3. The third-order valence-electron chi connectivity index (χ3n) is 6.17. The zero-order chi connectivity index (χ0) is 25.8. The van der Waals surface area contributed by atoms with E-state index in [0.717, 1.165) is 43.4 Å². The third kappa shape index (κ3) is 10.7. The van der Waals surface area contributed by atoms with Gasteiger partial charge >= 0.3 is 12.0 Å². The number of anilines is 1. The summed E-state index contributed by atoms with van der Waals surface area (Å²) in [6.45, 7) is 0.569. The van der Waals surface area contributed by atoms with Crippen LogP contribution in [0.25, 0.3) is 0 Å². The van der Waals surface area contributed by atoms with Crippen LogP contribution in [0.3, 0.4) is 0 Å². The molecule has 0 heterocycles. The van der Waals surface area contributed by atoms with Gasteiger partial charge in [0.1, 0.15) is 0 Å². The van der Waals surface area contributed by atoms with E-state index in [-0.39, 0.29) is 36.0 Å². The van der Waals surface area contributed by atoms with E-state index in [4.69, 9.17) is 22.1 Å². The Kier molecular flexibility index (Phi) is 12.9. The van der Waals surface area contributed by atoms with Crippen molar-refractivity contribution in [3.63, 3.8) is 0 Å². The van der Waals surface area contributed by atoms with Crippen LogP contribution >= 0.6 is 35.6 Å². The Morgan fingerprint density at radius 2 is 1.54 bits per heavy atom. The van der Waals surface area contributed by atoms with Gasteiger partial charge in [0, 0.05) is 22.8 Å². The Labute approximate surface area is 241 Å². The summed E-state index contributed by atoms with van der Waals surface area (Å²) in [4.78, 5) is 23.9. The number of nitrogens with one attached hydrogen (secondary N) is 2. The van der Waals surface area contributed by atoms with Crippen LogP contribution in [0.15, 0.2) is 78.9 Å². The van der Waals surface area contributed by atoms with Crippen molar-refractivity contribution in [2.24, 2.45) is 5.73 Å². The fourth-order valence-electron chi connectivity index (χ4n) is 4.13. The predicted octanol–water partition coefficient (Wildman–Crippen LogP) is 6.61. The summed E-state index contributed by atoms with van der Waals surface area (Å²) in [6, 6.07) is 24.4. The van der Waals surface area contributed by atoms with Crippen molar-refractivity contribution in [3.05, 3.63) is 101 Å². The number of nitrogens with two attached hydrogens (primary N) is 1. The van der Waals surface area contributed by atoms with Gasteiger partial charge in [-0.2, -0.15) is 0 Å². The third-order valence-corrected chi connectivity index (χ3v) is 6.43. The Bertz CT molecular complexity index is 1110. The van der Waals surface area contributed by atoms with E-state index in [1.165, 1.54) is 12.7 Å². The highest BCUT2D eigenvalue weighted by molar-refractivity contribution is 14.0. The highest BCUT2D eigenvalue weighted by atomic mass is 127. The normalized spacial score (nSPS) is 12.1. The summed E-state index contributed by atoms with van der Waals surface area (Å²) in [5, 5.41) is 6.44. The highest BCUT2D eigenvalue weighted by Gasteiger charge is 2.25. The Morgan fingerprint density at radius 1 is 0.892 bits per heavy atom. The second kappa shape index (κ2) is 15.6. The number of amides is 2. The maximum absolute atomic E-state index is 12.1. The number of hydrogen-bond donors (Lipinski definition) is 3. The van der Waals surface area contributed by atoms with Gasteiger partial charge in [0.15, 0.2) is 0 Å². The van der Waals surface area contributed by atoms with Gasteiger partial charge in [0.2, 0.25) is 0 Å². The average molecular weight is 636 g/mol. The molecule has 0 fully saturated rings. The zero-order valence-electron chi connectivity index (χ0n) is 21.0. The number of rotatable bonds is 12. The molecule has 0 radical (unpaired) electrons. The van der Waals surface area contributed by atoms with Crippen molar-refractivity contribution >= 4 is 53.3 Å². The molecular weight excluding hydrogens is 601 g/mol. The summed E-state index contributed by atoms with van der Waals surface area (Å²) >= 11 is 6.03. The number of hydrogen-bond acceptors (Lipinski definition) is 4. The van der Waals surface area contributed by atoms with E-state index in [1.54, 1.807) is 12.1 Å². The van der Waals surface area contributed by atoms with Gasteiger partial charge in [-0.3, -0.25) is 0 Å². The molecule has 3 aromatic carbocycles. The molecule has 6 nitrogen and oxygen atoms in total. The SMILES string of the molecule is COC(=O)c1ccc(CC(N)(CCCCNC(=O)Nc2ccccc2)CCc2ccc(Cl)cc2)cc1.I. The number of methoxy groups -OCH3 is 1. The molecular formula is C29H35ClIN3O3. The van der Waals surface area contributed by atoms with Gasteiger partial charge in [0.25, 0.3) is 0 Å². The van der Waals surface area contributed by atoms with E-state index >= 15 is 0 Å². The van der Waals surface area contributed by atoms with Gasteiger partial charge in [-0.1, -0.05) is 54.1 Å². The van der Waals surface area contributed by atoms with Crippen molar-refractivity contribution in [1.82, 2.24) is 5.32 Å². The van der Waals surface area contributed by atoms with E-state index in [2.05, 4.69) is 10.6 Å². The van der Waals surface area contributed by atoms with Crippen molar-refractivity contribution in [2.75, 3.05) is 19.0 Å². The number of urea groups is 1. The number of carbonyl (C=O) groups is 2. The standard InChI is InChI=1S/C29H34ClN3O3.HI/c1-36-27(34)24-13-9-23(10-14-24)21-29(31,19-17-22-11-15-25(30)16-12-22)18-5-6-20-32-28(35)33-26-7-3-2-4-8-26;/h2-4,7-16H,5-6,17-21,31H2,1H3,(H2,32,33,35);1H. The lowest BCUT2D eigenvalue weighted by atomic mass is 9.82. The summed E-state index contributed by atoms with van der Waals surface area (Å²) in [5.74, 6) is -0.355. The van der Waals surface area contributed by atoms with Crippen LogP contribution in [0.5, 0.6) is 0 Å². The second-order valence-electron chi connectivity index (χ2n) is 9.06. The van der Waals surface area contributed by atoms with Gasteiger partial charge in [-0.05, 0) is 86.1 Å². The zero-order valence-corrected chi connectivity index (χ0v) is 24.1. The molecule has 4 N–H and O–H groups in total. The lowest BCUT2D eigenvalue weighted by molar-refractivity contribution is 0.0600. The maximum Gasteiger partial charge on any atom is 0.337 e. The monoisotopic (exact) mass is 635 g/mol. The van der Waals surface area contributed by atoms with E-state index in [9.17, 15) is 9.59 Å². The smallest absolute Gasteiger partial charge is 0.337 e. The number of halogens is 2. The first-order valence-corrected chi connectivity index (χ1v) is 12.6. The van der Waals surface area contributed by atoms with Crippen LogP contribution in [0, 0.1) is 0 Å². The number of para-hydroxylation sites is 1. The molecule has 0 bridgehead atoms. The first-order valence-electron chi connectivity index (χ1n) is 12.2. The molecule has 0 aliphatic heterocycles. The highest BCUT2D eigenvalue weighted by Crippen LogP contribution is 2.24. The molecule has 0 aromatic heterocycles. The van der Waals surface area contributed by atoms with Gasteiger partial charge < -0.3 is 21.1 Å². The number of aryl methyl sites for hydroxylation is 1. The lowest BCUT2D eigenvalue weighted by Crippen LogP contribution is -2.43. The second-order valence-corrected chi connectivity index (χ2v) is 9.49. The molecule has 0 aliphatic carbocycles. The van der Waals surface area contributed by atoms with Crippen LogP contribution in [-0.2, 0) is 17.6 Å². The molecule has 37 heavy (non-hydrogen) atoms. The fourth-order valence-corrected chi connectivity index (χ4v) is 4.26. The topological polar surface area (TPSA) is 93.4 Å². The first-order chi connectivity index (χ1) is 17.4. The minimum Gasteiger partial charge on any atom is -0.465 e. The molecule has 1 unspecified atom stereocenters. The van der Waals surface area contributed by atoms with E-state index < -0.39 is 5.54 Å². The number of esters is 1. The molecule has 1 atom stereocenters. The predicted molar refractivity (Wildman–Crippen MR) is 161 cm³/mol. The van der Waals surface area contributed by atoms with Crippen LogP contribution in [0.1, 0.15) is 47.2 Å². The van der Waals surface area contributed by atoms with Crippen molar-refractivity contribution in [2.45, 2.75) is 44.1 Å². The quantitative estimate of drug-likeness (QED) is 0.119. The number of ether oxygens (including phenoxy) is 1. The van der Waals surface area contributed by atoms with Crippen molar-refractivity contribution in [3.8, 4) is 0 Å². The largest absolute Gasteiger partial charge is 0.465 e. The minimum absolute atomic E-state index is 0. The number of carbonyl (C=O) groups excluding carboxylic acids is 2. The summed E-state index contributed by atoms with van der Waals surface area (Å²) in [6.07, 6.45) is 4.83. The van der Waals surface area contributed by atoms with Gasteiger partial charge in [-0.25, -0.2) is 9.59 Å². The molecule has 8 heteroatoms. The molecule has 3 aromatic rings. The summed E-state index contributed by atoms with van der Waals surface area (Å²) in [5.41, 5.74) is 10.1. The van der Waals surface area contributed by atoms with Crippen molar-refractivity contribution in [1.29, 1.82) is 0 Å². The molecule has 0 saturated carbocycles. The number of unbranched alkanes of at least 4 members (excludes halogenated alkanes) is 1. The molecule has 0 saturated heterocycles. The lowest BCUT2D eigenvalue weighted by Gasteiger charge is -2.30. The van der Waals surface area contributed by atoms with Crippen molar-refractivity contribution < 1.29 is 14.3 Å². The Hall–Kier alpha value is -2.62. The Balaban J connectivity index is 0.00000481. The summed E-state index contributed by atoms with van der Waals surface area (Å²) < 4.78 is 4.79. The first kappa shape index (κ1) is 30.6. The van der Waals surface area contributed by atoms with Gasteiger partial charge in [0.05, 0.1) is 12.7 Å². The average Bonchev–Trinajstić information content (AvgIpc) is 2.89. The van der Waals surface area contributed by atoms with Crippen LogP contribution in [-0.4, -0.2) is 31.2 Å². The van der Waals surface area contributed by atoms with E-state index in [1.807, 2.05) is 66.7 Å². The van der Waals surface area contributed by atoms with Crippen LogP contribution in [0.4, 0.5) is 10.5 Å². The van der Waals surface area contributed by atoms with Gasteiger partial charge in [-0.15, -0.1) is 24.0 Å².